The molecule has 2 rings (SSSR count). The lowest BCUT2D eigenvalue weighted by molar-refractivity contribution is -0.133. The first-order valence-corrected chi connectivity index (χ1v) is 6.24. The minimum atomic E-state index is -0.355. The standard InChI is InChI=1S/C17H16O3/c1-19-15-10-8-13(9-11-15)12-16(17(18)20-2)14-6-4-3-5-7-14/h3-12H,1-2H3/b16-12+. The van der Waals surface area contributed by atoms with Gasteiger partial charge < -0.3 is 9.47 Å². The molecule has 0 saturated heterocycles. The summed E-state index contributed by atoms with van der Waals surface area (Å²) in [7, 11) is 3.00. The van der Waals surface area contributed by atoms with Crippen LogP contribution in [-0.4, -0.2) is 20.2 Å². The minimum Gasteiger partial charge on any atom is -0.497 e. The summed E-state index contributed by atoms with van der Waals surface area (Å²) in [6.07, 6.45) is 1.81. The molecule has 3 nitrogen and oxygen atoms in total. The highest BCUT2D eigenvalue weighted by molar-refractivity contribution is 6.21. The highest BCUT2D eigenvalue weighted by Crippen LogP contribution is 2.21. The molecule has 0 bridgehead atoms. The third kappa shape index (κ3) is 3.26. The number of carbonyl (C=O) groups is 1. The fourth-order valence-electron chi connectivity index (χ4n) is 1.85. The molecule has 0 unspecified atom stereocenters. The molecule has 0 spiro atoms. The van der Waals surface area contributed by atoms with Crippen molar-refractivity contribution >= 4 is 17.6 Å². The van der Waals surface area contributed by atoms with Gasteiger partial charge in [0.25, 0.3) is 0 Å². The molecule has 0 radical (unpaired) electrons. The Hall–Kier alpha value is -2.55. The number of carbonyl (C=O) groups excluding carboxylic acids is 1. The Bertz CT molecular complexity index is 598. The molecular weight excluding hydrogens is 252 g/mol. The van der Waals surface area contributed by atoms with Gasteiger partial charge in [0, 0.05) is 0 Å². The largest absolute Gasteiger partial charge is 0.497 e. The molecule has 0 aliphatic heterocycles. The molecule has 0 fully saturated rings. The molecule has 0 saturated carbocycles. The number of hydrogen-bond donors (Lipinski definition) is 0. The average Bonchev–Trinajstić information content (AvgIpc) is 2.53. The van der Waals surface area contributed by atoms with Gasteiger partial charge in [-0.15, -0.1) is 0 Å². The summed E-state index contributed by atoms with van der Waals surface area (Å²) < 4.78 is 9.97. The van der Waals surface area contributed by atoms with Crippen molar-refractivity contribution in [3.63, 3.8) is 0 Å². The normalized spacial score (nSPS) is 11.0. The molecule has 20 heavy (non-hydrogen) atoms. The van der Waals surface area contributed by atoms with Crippen LogP contribution in [0.15, 0.2) is 54.6 Å². The van der Waals surface area contributed by atoms with E-state index in [4.69, 9.17) is 9.47 Å². The highest BCUT2D eigenvalue weighted by atomic mass is 16.5. The van der Waals surface area contributed by atoms with Crippen LogP contribution in [0.3, 0.4) is 0 Å². The van der Waals surface area contributed by atoms with Crippen LogP contribution in [0.1, 0.15) is 11.1 Å². The Morgan fingerprint density at radius 1 is 0.950 bits per heavy atom. The van der Waals surface area contributed by atoms with Gasteiger partial charge in [0.15, 0.2) is 0 Å². The quantitative estimate of drug-likeness (QED) is 0.484. The summed E-state index contributed by atoms with van der Waals surface area (Å²) >= 11 is 0. The molecule has 2 aromatic carbocycles. The van der Waals surface area contributed by atoms with E-state index in [1.807, 2.05) is 54.6 Å². The van der Waals surface area contributed by atoms with E-state index in [1.54, 1.807) is 13.2 Å². The van der Waals surface area contributed by atoms with E-state index >= 15 is 0 Å². The lowest BCUT2D eigenvalue weighted by Gasteiger charge is -2.06. The first-order chi connectivity index (χ1) is 9.74. The van der Waals surface area contributed by atoms with Crippen LogP contribution in [0.5, 0.6) is 5.75 Å². The third-order valence-electron chi connectivity index (χ3n) is 2.92. The zero-order valence-corrected chi connectivity index (χ0v) is 11.5. The third-order valence-corrected chi connectivity index (χ3v) is 2.92. The maximum atomic E-state index is 11.9. The van der Waals surface area contributed by atoms with E-state index in [1.165, 1.54) is 7.11 Å². The maximum absolute atomic E-state index is 11.9. The summed E-state index contributed by atoms with van der Waals surface area (Å²) in [6.45, 7) is 0. The molecule has 0 aliphatic rings. The predicted molar refractivity (Wildman–Crippen MR) is 79.3 cm³/mol. The van der Waals surface area contributed by atoms with Gasteiger partial charge in [-0.05, 0) is 29.3 Å². The van der Waals surface area contributed by atoms with Crippen molar-refractivity contribution in [2.24, 2.45) is 0 Å². The second-order valence-corrected chi connectivity index (χ2v) is 4.19. The number of benzene rings is 2. The maximum Gasteiger partial charge on any atom is 0.338 e. The van der Waals surface area contributed by atoms with Crippen molar-refractivity contribution in [2.45, 2.75) is 0 Å². The van der Waals surface area contributed by atoms with Crippen LogP contribution >= 0.6 is 0 Å². The Morgan fingerprint density at radius 3 is 2.15 bits per heavy atom. The van der Waals surface area contributed by atoms with E-state index in [-0.39, 0.29) is 5.97 Å². The number of esters is 1. The van der Waals surface area contributed by atoms with E-state index in [0.717, 1.165) is 16.9 Å². The Morgan fingerprint density at radius 2 is 1.60 bits per heavy atom. The molecule has 0 aliphatic carbocycles. The van der Waals surface area contributed by atoms with E-state index < -0.39 is 0 Å². The van der Waals surface area contributed by atoms with Gasteiger partial charge in [-0.2, -0.15) is 0 Å². The molecule has 0 amide bonds. The van der Waals surface area contributed by atoms with Crippen LogP contribution in [-0.2, 0) is 9.53 Å². The smallest absolute Gasteiger partial charge is 0.338 e. The Kier molecular flexibility index (Phi) is 4.56. The minimum absolute atomic E-state index is 0.355. The van der Waals surface area contributed by atoms with E-state index in [2.05, 4.69) is 0 Å². The fourth-order valence-corrected chi connectivity index (χ4v) is 1.85. The molecule has 0 N–H and O–H groups in total. The summed E-state index contributed by atoms with van der Waals surface area (Å²) in [6, 6.07) is 16.9. The second kappa shape index (κ2) is 6.57. The van der Waals surface area contributed by atoms with Gasteiger partial charge >= 0.3 is 5.97 Å². The summed E-state index contributed by atoms with van der Waals surface area (Å²) in [5.41, 5.74) is 2.27. The van der Waals surface area contributed by atoms with Gasteiger partial charge in [-0.3, -0.25) is 0 Å². The second-order valence-electron chi connectivity index (χ2n) is 4.19. The van der Waals surface area contributed by atoms with E-state index in [0.29, 0.717) is 5.57 Å². The number of methoxy groups -OCH3 is 2. The number of rotatable bonds is 4. The number of ether oxygens (including phenoxy) is 2. The summed E-state index contributed by atoms with van der Waals surface area (Å²) in [4.78, 5) is 11.9. The van der Waals surface area contributed by atoms with Crippen molar-refractivity contribution in [1.29, 1.82) is 0 Å². The average molecular weight is 268 g/mol. The van der Waals surface area contributed by atoms with Crippen LogP contribution in [0, 0.1) is 0 Å². The van der Waals surface area contributed by atoms with Crippen molar-refractivity contribution in [3.8, 4) is 5.75 Å². The molecule has 0 atom stereocenters. The Balaban J connectivity index is 2.40. The van der Waals surface area contributed by atoms with Crippen LogP contribution in [0.25, 0.3) is 11.6 Å². The molecule has 0 aromatic heterocycles. The molecule has 0 heterocycles. The SMILES string of the molecule is COC(=O)/C(=C/c1ccc(OC)cc1)c1ccccc1. The predicted octanol–water partition coefficient (Wildman–Crippen LogP) is 3.41. The monoisotopic (exact) mass is 268 g/mol. The van der Waals surface area contributed by atoms with Crippen molar-refractivity contribution in [1.82, 2.24) is 0 Å². The first kappa shape index (κ1) is 13.9. The van der Waals surface area contributed by atoms with Crippen molar-refractivity contribution < 1.29 is 14.3 Å². The van der Waals surface area contributed by atoms with Gasteiger partial charge in [-0.1, -0.05) is 42.5 Å². The zero-order chi connectivity index (χ0) is 14.4. The number of hydrogen-bond acceptors (Lipinski definition) is 3. The molecular formula is C17H16O3. The summed E-state index contributed by atoms with van der Waals surface area (Å²) in [5, 5.41) is 0. The summed E-state index contributed by atoms with van der Waals surface area (Å²) in [5.74, 6) is 0.425. The van der Waals surface area contributed by atoms with Crippen LogP contribution in [0.2, 0.25) is 0 Å². The van der Waals surface area contributed by atoms with Crippen LogP contribution in [0.4, 0.5) is 0 Å². The highest BCUT2D eigenvalue weighted by Gasteiger charge is 2.11. The fraction of sp³-hybridized carbons (Fsp3) is 0.118. The van der Waals surface area contributed by atoms with Crippen LogP contribution < -0.4 is 4.74 Å². The molecule has 2 aromatic rings. The topological polar surface area (TPSA) is 35.5 Å². The van der Waals surface area contributed by atoms with Gasteiger partial charge in [0.05, 0.1) is 19.8 Å². The van der Waals surface area contributed by atoms with Gasteiger partial charge in [-0.25, -0.2) is 4.79 Å². The van der Waals surface area contributed by atoms with E-state index in [9.17, 15) is 4.79 Å². The molecule has 102 valence electrons. The lowest BCUT2D eigenvalue weighted by atomic mass is 10.0. The molecule has 3 heteroatoms. The van der Waals surface area contributed by atoms with Crippen molar-refractivity contribution in [2.75, 3.05) is 14.2 Å². The van der Waals surface area contributed by atoms with Gasteiger partial charge in [0.2, 0.25) is 0 Å². The lowest BCUT2D eigenvalue weighted by Crippen LogP contribution is -2.03. The van der Waals surface area contributed by atoms with Crippen molar-refractivity contribution in [3.05, 3.63) is 65.7 Å². The Labute approximate surface area is 118 Å². The first-order valence-electron chi connectivity index (χ1n) is 6.24. The van der Waals surface area contributed by atoms with Gasteiger partial charge in [0.1, 0.15) is 5.75 Å². The zero-order valence-electron chi connectivity index (χ0n) is 11.5.